The van der Waals surface area contributed by atoms with Crippen LogP contribution in [0.4, 0.5) is 5.69 Å². The van der Waals surface area contributed by atoms with Crippen molar-refractivity contribution >= 4 is 40.7 Å². The van der Waals surface area contributed by atoms with Crippen LogP contribution in [-0.4, -0.2) is 18.4 Å². The lowest BCUT2D eigenvalue weighted by molar-refractivity contribution is -0.138. The number of anilines is 1. The Hall–Kier alpha value is -1.26. The smallest absolute Gasteiger partial charge is 0.239 e. The van der Waals surface area contributed by atoms with Crippen LogP contribution >= 0.6 is 23.2 Å². The van der Waals surface area contributed by atoms with Crippen LogP contribution in [0.5, 0.6) is 0 Å². The van der Waals surface area contributed by atoms with Gasteiger partial charge < -0.3 is 10.6 Å². The Morgan fingerprint density at radius 1 is 1.14 bits per heavy atom. The molecule has 0 radical (unpaired) electrons. The first-order valence-corrected chi connectivity index (χ1v) is 7.95. The van der Waals surface area contributed by atoms with Crippen LogP contribution < -0.4 is 10.6 Å². The third kappa shape index (κ3) is 4.89. The number of halogens is 2. The monoisotopic (exact) mass is 344 g/mol. The third-order valence-electron chi connectivity index (χ3n) is 3.34. The molecule has 1 rings (SSSR count). The van der Waals surface area contributed by atoms with Gasteiger partial charge >= 0.3 is 0 Å². The number of rotatable bonds is 6. The topological polar surface area (TPSA) is 58.2 Å². The minimum absolute atomic E-state index is 0.318. The largest absolute Gasteiger partial charge is 0.355 e. The van der Waals surface area contributed by atoms with Crippen molar-refractivity contribution < 1.29 is 9.59 Å². The van der Waals surface area contributed by atoms with E-state index in [4.69, 9.17) is 23.2 Å². The fourth-order valence-corrected chi connectivity index (χ4v) is 2.18. The summed E-state index contributed by atoms with van der Waals surface area (Å²) in [5, 5.41) is 6.08. The Kier molecular flexibility index (Phi) is 6.69. The van der Waals surface area contributed by atoms with E-state index in [0.29, 0.717) is 28.2 Å². The highest BCUT2D eigenvalue weighted by atomic mass is 35.5. The summed E-state index contributed by atoms with van der Waals surface area (Å²) >= 11 is 12.0. The Morgan fingerprint density at radius 3 is 2.18 bits per heavy atom. The second-order valence-corrected chi connectivity index (χ2v) is 6.93. The highest BCUT2D eigenvalue weighted by Gasteiger charge is 2.36. The zero-order chi connectivity index (χ0) is 16.9. The summed E-state index contributed by atoms with van der Waals surface area (Å²) in [5.41, 5.74) is -0.904. The number of para-hydroxylation sites is 1. The molecule has 2 N–H and O–H groups in total. The molecule has 0 saturated heterocycles. The van der Waals surface area contributed by atoms with Crippen molar-refractivity contribution in [3.05, 3.63) is 28.2 Å². The molecule has 0 spiro atoms. The molecular formula is C16H22Cl2N2O2. The fourth-order valence-electron chi connectivity index (χ4n) is 1.69. The van der Waals surface area contributed by atoms with Gasteiger partial charge in [0, 0.05) is 6.54 Å². The van der Waals surface area contributed by atoms with Gasteiger partial charge in [0.2, 0.25) is 11.8 Å². The summed E-state index contributed by atoms with van der Waals surface area (Å²) in [5.74, 6) is -0.294. The second-order valence-electron chi connectivity index (χ2n) is 6.11. The number of carbonyl (C=O) groups is 2. The van der Waals surface area contributed by atoms with Crippen molar-refractivity contribution in [3.8, 4) is 0 Å². The molecule has 122 valence electrons. The minimum atomic E-state index is -1.22. The second kappa shape index (κ2) is 7.84. The molecule has 0 atom stereocenters. The molecule has 0 fully saturated rings. The molecule has 0 saturated carbocycles. The van der Waals surface area contributed by atoms with Crippen LogP contribution in [0.1, 0.15) is 34.1 Å². The molecule has 1 aromatic carbocycles. The molecule has 0 unspecified atom stereocenters. The molecule has 1 aromatic rings. The molecule has 0 heterocycles. The molecule has 0 aromatic heterocycles. The Bertz CT molecular complexity index is 537. The SMILES string of the molecule is CC(C)CCNC(=O)C(C)(C)C(=O)Nc1c(Cl)cccc1Cl. The molecule has 0 bridgehead atoms. The van der Waals surface area contributed by atoms with E-state index in [1.54, 1.807) is 32.0 Å². The Balaban J connectivity index is 2.76. The maximum absolute atomic E-state index is 12.4. The first kappa shape index (κ1) is 18.8. The van der Waals surface area contributed by atoms with E-state index in [9.17, 15) is 9.59 Å². The van der Waals surface area contributed by atoms with E-state index in [2.05, 4.69) is 24.5 Å². The van der Waals surface area contributed by atoms with E-state index < -0.39 is 11.3 Å². The lowest BCUT2D eigenvalue weighted by Crippen LogP contribution is -2.45. The van der Waals surface area contributed by atoms with E-state index in [1.165, 1.54) is 0 Å². The van der Waals surface area contributed by atoms with Crippen molar-refractivity contribution in [2.24, 2.45) is 11.3 Å². The van der Waals surface area contributed by atoms with Crippen LogP contribution in [0.3, 0.4) is 0 Å². The van der Waals surface area contributed by atoms with E-state index >= 15 is 0 Å². The average molecular weight is 345 g/mol. The first-order valence-electron chi connectivity index (χ1n) is 7.20. The fraction of sp³-hybridized carbons (Fsp3) is 0.500. The van der Waals surface area contributed by atoms with Crippen molar-refractivity contribution in [1.82, 2.24) is 5.32 Å². The molecule has 6 heteroatoms. The van der Waals surface area contributed by atoms with E-state index in [0.717, 1.165) is 6.42 Å². The molecule has 4 nitrogen and oxygen atoms in total. The van der Waals surface area contributed by atoms with Gasteiger partial charge in [0.1, 0.15) is 5.41 Å². The maximum atomic E-state index is 12.4. The number of benzene rings is 1. The molecule has 2 amide bonds. The van der Waals surface area contributed by atoms with Crippen LogP contribution in [0.15, 0.2) is 18.2 Å². The summed E-state index contributed by atoms with van der Waals surface area (Å²) in [6.45, 7) is 7.82. The lowest BCUT2D eigenvalue weighted by Gasteiger charge is -2.23. The molecule has 0 aliphatic carbocycles. The number of nitrogens with one attached hydrogen (secondary N) is 2. The zero-order valence-electron chi connectivity index (χ0n) is 13.3. The van der Waals surface area contributed by atoms with Crippen LogP contribution in [0, 0.1) is 11.3 Å². The van der Waals surface area contributed by atoms with Gasteiger partial charge in [-0.3, -0.25) is 9.59 Å². The third-order valence-corrected chi connectivity index (χ3v) is 3.97. The van der Waals surface area contributed by atoms with E-state index in [1.807, 2.05) is 0 Å². The molecule has 0 aliphatic rings. The normalized spacial score (nSPS) is 11.4. The first-order chi connectivity index (χ1) is 10.2. The van der Waals surface area contributed by atoms with Crippen molar-refractivity contribution in [2.45, 2.75) is 34.1 Å². The predicted octanol–water partition coefficient (Wildman–Crippen LogP) is 4.12. The summed E-state index contributed by atoms with van der Waals surface area (Å²) < 4.78 is 0. The summed E-state index contributed by atoms with van der Waals surface area (Å²) in [7, 11) is 0. The summed E-state index contributed by atoms with van der Waals surface area (Å²) in [6, 6.07) is 4.93. The van der Waals surface area contributed by atoms with E-state index in [-0.39, 0.29) is 5.91 Å². The molecular weight excluding hydrogens is 323 g/mol. The van der Waals surface area contributed by atoms with Crippen LogP contribution in [0.2, 0.25) is 10.0 Å². The highest BCUT2D eigenvalue weighted by Crippen LogP contribution is 2.31. The quantitative estimate of drug-likeness (QED) is 0.762. The Labute approximate surface area is 141 Å². The van der Waals surface area contributed by atoms with Gasteiger partial charge in [-0.2, -0.15) is 0 Å². The van der Waals surface area contributed by atoms with Gasteiger partial charge in [0.05, 0.1) is 15.7 Å². The van der Waals surface area contributed by atoms with Gasteiger partial charge in [-0.15, -0.1) is 0 Å². The summed E-state index contributed by atoms with van der Waals surface area (Å²) in [4.78, 5) is 24.6. The number of carbonyl (C=O) groups excluding carboxylic acids is 2. The number of hydrogen-bond donors (Lipinski definition) is 2. The predicted molar refractivity (Wildman–Crippen MR) is 91.3 cm³/mol. The molecule has 22 heavy (non-hydrogen) atoms. The van der Waals surface area contributed by atoms with Gasteiger partial charge in [0.15, 0.2) is 0 Å². The Morgan fingerprint density at radius 2 is 1.68 bits per heavy atom. The maximum Gasteiger partial charge on any atom is 0.239 e. The van der Waals surface area contributed by atoms with Crippen molar-refractivity contribution in [1.29, 1.82) is 0 Å². The average Bonchev–Trinajstić information content (AvgIpc) is 2.42. The van der Waals surface area contributed by atoms with Gasteiger partial charge in [-0.25, -0.2) is 0 Å². The van der Waals surface area contributed by atoms with Gasteiger partial charge in [-0.1, -0.05) is 43.1 Å². The van der Waals surface area contributed by atoms with Gasteiger partial charge in [-0.05, 0) is 38.3 Å². The minimum Gasteiger partial charge on any atom is -0.355 e. The van der Waals surface area contributed by atoms with Crippen molar-refractivity contribution in [2.75, 3.05) is 11.9 Å². The standard InChI is InChI=1S/C16H22Cl2N2O2/c1-10(2)8-9-19-14(21)16(3,4)15(22)20-13-11(17)6-5-7-12(13)18/h5-7,10H,8-9H2,1-4H3,(H,19,21)(H,20,22). The number of amides is 2. The van der Waals surface area contributed by atoms with Gasteiger partial charge in [0.25, 0.3) is 0 Å². The van der Waals surface area contributed by atoms with Crippen LogP contribution in [0.25, 0.3) is 0 Å². The number of hydrogen-bond acceptors (Lipinski definition) is 2. The molecule has 0 aliphatic heterocycles. The summed E-state index contributed by atoms with van der Waals surface area (Å²) in [6.07, 6.45) is 0.861. The van der Waals surface area contributed by atoms with Crippen molar-refractivity contribution in [3.63, 3.8) is 0 Å². The van der Waals surface area contributed by atoms with Crippen LogP contribution in [-0.2, 0) is 9.59 Å². The highest BCUT2D eigenvalue weighted by molar-refractivity contribution is 6.40. The lowest BCUT2D eigenvalue weighted by atomic mass is 9.90. The zero-order valence-corrected chi connectivity index (χ0v) is 14.8.